The first kappa shape index (κ1) is 43.7. The van der Waals surface area contributed by atoms with Crippen LogP contribution in [0.1, 0.15) is 148 Å². The first-order valence-corrected chi connectivity index (χ1v) is 17.8. The van der Waals surface area contributed by atoms with Crippen molar-refractivity contribution in [1.82, 2.24) is 0 Å². The Hall–Kier alpha value is -0.320. The number of ether oxygens (including phenoxy) is 6. The van der Waals surface area contributed by atoms with Crippen molar-refractivity contribution in [2.75, 3.05) is 39.6 Å². The van der Waals surface area contributed by atoms with Gasteiger partial charge in [-0.3, -0.25) is 0 Å². The molecule has 0 N–H and O–H groups in total. The van der Waals surface area contributed by atoms with Gasteiger partial charge in [-0.15, -0.1) is 0 Å². The Kier molecular flexibility index (Phi) is 22.1. The average molecular weight is 635 g/mol. The van der Waals surface area contributed by atoms with Crippen LogP contribution < -0.4 is 0 Å². The predicted molar refractivity (Wildman–Crippen MR) is 179 cm³/mol. The molecule has 0 aliphatic heterocycles. The van der Waals surface area contributed by atoms with E-state index in [-0.39, 0.29) is 24.5 Å². The molecule has 0 heterocycles. The van der Waals surface area contributed by atoms with Crippen LogP contribution in [0.2, 0.25) is 0 Å². The standard InChI is InChI=1S/C36H74O8/c1-15-19-21-24-38-35(39-25-22-29(5)6,44-41-27-31(9)17-3)34(14,28-37-23-20-16-2)36(40-26-30(7)8,42-32(10)18-4)43-33(11,12)13/h29-32H,15-28H2,1-14H3. The van der Waals surface area contributed by atoms with Gasteiger partial charge < -0.3 is 28.4 Å². The van der Waals surface area contributed by atoms with E-state index in [9.17, 15) is 0 Å². The lowest BCUT2D eigenvalue weighted by atomic mass is 9.83. The van der Waals surface area contributed by atoms with Crippen LogP contribution >= 0.6 is 0 Å². The van der Waals surface area contributed by atoms with Crippen LogP contribution in [0, 0.1) is 23.2 Å². The van der Waals surface area contributed by atoms with Crippen molar-refractivity contribution >= 4 is 0 Å². The van der Waals surface area contributed by atoms with E-state index in [0.717, 1.165) is 51.4 Å². The third kappa shape index (κ3) is 15.5. The molecule has 0 saturated heterocycles. The molecule has 266 valence electrons. The van der Waals surface area contributed by atoms with Crippen LogP contribution in [0.5, 0.6) is 0 Å². The molecule has 0 aromatic heterocycles. The Bertz CT molecular complexity index is 696. The maximum absolute atomic E-state index is 6.96. The largest absolute Gasteiger partial charge is 0.380 e. The summed E-state index contributed by atoms with van der Waals surface area (Å²) in [5.74, 6) is -2.57. The molecule has 0 amide bonds. The lowest BCUT2D eigenvalue weighted by Crippen LogP contribution is -2.70. The van der Waals surface area contributed by atoms with Crippen LogP contribution in [-0.4, -0.2) is 63.3 Å². The fourth-order valence-corrected chi connectivity index (χ4v) is 4.24. The van der Waals surface area contributed by atoms with Crippen molar-refractivity contribution in [3.8, 4) is 0 Å². The highest BCUT2D eigenvalue weighted by Crippen LogP contribution is 2.52. The minimum atomic E-state index is -1.77. The fraction of sp³-hybridized carbons (Fsp3) is 1.00. The zero-order chi connectivity index (χ0) is 33.9. The number of hydrogen-bond donors (Lipinski definition) is 0. The highest BCUT2D eigenvalue weighted by Gasteiger charge is 2.70. The second-order valence-corrected chi connectivity index (χ2v) is 14.6. The van der Waals surface area contributed by atoms with Crippen LogP contribution in [-0.2, 0) is 38.2 Å². The molecule has 0 aromatic carbocycles. The van der Waals surface area contributed by atoms with E-state index in [2.05, 4.69) is 62.3 Å². The summed E-state index contributed by atoms with van der Waals surface area (Å²) in [4.78, 5) is 12.5. The van der Waals surface area contributed by atoms with Crippen molar-refractivity contribution in [2.24, 2.45) is 23.2 Å². The van der Waals surface area contributed by atoms with Crippen molar-refractivity contribution in [3.05, 3.63) is 0 Å². The Morgan fingerprint density at radius 2 is 1.25 bits per heavy atom. The molecule has 8 heteroatoms. The second kappa shape index (κ2) is 22.3. The summed E-state index contributed by atoms with van der Waals surface area (Å²) in [6.07, 6.45) is 7.09. The van der Waals surface area contributed by atoms with E-state index >= 15 is 0 Å². The van der Waals surface area contributed by atoms with E-state index in [4.69, 9.17) is 38.2 Å². The SMILES string of the molecule is CCCCCOC(OCCC(C)C)(OOCC(C)CC)C(C)(COCCCC)C(OCC(C)C)(OC(C)CC)OC(C)(C)C. The monoisotopic (exact) mass is 635 g/mol. The number of hydrogen-bond acceptors (Lipinski definition) is 8. The van der Waals surface area contributed by atoms with Crippen molar-refractivity contribution in [3.63, 3.8) is 0 Å². The number of rotatable bonds is 28. The van der Waals surface area contributed by atoms with E-state index < -0.39 is 23.0 Å². The molecule has 0 fully saturated rings. The predicted octanol–water partition coefficient (Wildman–Crippen LogP) is 9.68. The third-order valence-corrected chi connectivity index (χ3v) is 7.61. The van der Waals surface area contributed by atoms with Gasteiger partial charge in [0.05, 0.1) is 44.7 Å². The molecule has 0 aliphatic rings. The molecule has 8 nitrogen and oxygen atoms in total. The Morgan fingerprint density at radius 3 is 1.77 bits per heavy atom. The van der Waals surface area contributed by atoms with Crippen molar-refractivity contribution < 1.29 is 38.2 Å². The van der Waals surface area contributed by atoms with Gasteiger partial charge in [0.1, 0.15) is 0 Å². The Balaban J connectivity index is 7.57. The molecule has 0 rings (SSSR count). The molecule has 0 radical (unpaired) electrons. The minimum Gasteiger partial charge on any atom is -0.380 e. The summed E-state index contributed by atoms with van der Waals surface area (Å²) in [5, 5.41) is 0. The fourth-order valence-electron chi connectivity index (χ4n) is 4.24. The van der Waals surface area contributed by atoms with Crippen LogP contribution in [0.3, 0.4) is 0 Å². The smallest absolute Gasteiger partial charge is 0.327 e. The molecule has 0 aromatic rings. The van der Waals surface area contributed by atoms with Gasteiger partial charge in [0.2, 0.25) is 0 Å². The quantitative estimate of drug-likeness (QED) is 0.0365. The summed E-state index contributed by atoms with van der Waals surface area (Å²) in [7, 11) is 0. The maximum atomic E-state index is 6.96. The highest BCUT2D eigenvalue weighted by molar-refractivity contribution is 4.96. The molecule has 0 spiro atoms. The summed E-state index contributed by atoms with van der Waals surface area (Å²) in [5.41, 5.74) is -1.98. The van der Waals surface area contributed by atoms with Gasteiger partial charge >= 0.3 is 5.97 Å². The van der Waals surface area contributed by atoms with Gasteiger partial charge in [-0.1, -0.05) is 88.0 Å². The van der Waals surface area contributed by atoms with Crippen LogP contribution in [0.15, 0.2) is 0 Å². The topological polar surface area (TPSA) is 73.8 Å². The van der Waals surface area contributed by atoms with E-state index in [1.807, 2.05) is 34.6 Å². The Morgan fingerprint density at radius 1 is 0.614 bits per heavy atom. The van der Waals surface area contributed by atoms with Crippen molar-refractivity contribution in [1.29, 1.82) is 0 Å². The molecule has 5 atom stereocenters. The van der Waals surface area contributed by atoms with Gasteiger partial charge in [0.15, 0.2) is 5.41 Å². The molecule has 44 heavy (non-hydrogen) atoms. The summed E-state index contributed by atoms with van der Waals surface area (Å²) < 4.78 is 40.8. The Labute approximate surface area is 272 Å². The summed E-state index contributed by atoms with van der Waals surface area (Å²) in [6.45, 7) is 31.5. The van der Waals surface area contributed by atoms with Gasteiger partial charge in [-0.05, 0) is 78.1 Å². The van der Waals surface area contributed by atoms with Gasteiger partial charge in [0, 0.05) is 6.61 Å². The number of unbranched alkanes of at least 4 members (excludes halogenated alkanes) is 3. The normalized spacial score (nSPS) is 18.3. The average Bonchev–Trinajstić information content (AvgIpc) is 2.94. The third-order valence-electron chi connectivity index (χ3n) is 7.61. The molecule has 0 saturated carbocycles. The van der Waals surface area contributed by atoms with Gasteiger partial charge in [-0.2, -0.15) is 4.89 Å². The lowest BCUT2D eigenvalue weighted by Gasteiger charge is -2.55. The molecule has 5 unspecified atom stereocenters. The zero-order valence-electron chi connectivity index (χ0n) is 31.5. The molecular formula is C36H74O8. The highest BCUT2D eigenvalue weighted by atomic mass is 17.3. The minimum absolute atomic E-state index is 0.125. The lowest BCUT2D eigenvalue weighted by molar-refractivity contribution is -0.591. The first-order valence-electron chi connectivity index (χ1n) is 17.8. The zero-order valence-corrected chi connectivity index (χ0v) is 31.5. The van der Waals surface area contributed by atoms with E-state index in [0.29, 0.717) is 39.0 Å². The molecule has 0 bridgehead atoms. The van der Waals surface area contributed by atoms with Crippen LogP contribution in [0.25, 0.3) is 0 Å². The summed E-state index contributed by atoms with van der Waals surface area (Å²) in [6, 6.07) is 0. The van der Waals surface area contributed by atoms with E-state index in [1.165, 1.54) is 0 Å². The van der Waals surface area contributed by atoms with Crippen molar-refractivity contribution in [2.45, 2.75) is 172 Å². The molecular weight excluding hydrogens is 560 g/mol. The second-order valence-electron chi connectivity index (χ2n) is 14.6. The summed E-state index contributed by atoms with van der Waals surface area (Å²) >= 11 is 0. The van der Waals surface area contributed by atoms with Gasteiger partial charge in [0.25, 0.3) is 5.97 Å². The maximum Gasteiger partial charge on any atom is 0.327 e. The molecule has 0 aliphatic carbocycles. The first-order chi connectivity index (χ1) is 20.6. The van der Waals surface area contributed by atoms with E-state index in [1.54, 1.807) is 0 Å². The van der Waals surface area contributed by atoms with Crippen LogP contribution in [0.4, 0.5) is 0 Å². The van der Waals surface area contributed by atoms with Gasteiger partial charge in [-0.25, -0.2) is 4.89 Å².